The van der Waals surface area contributed by atoms with Gasteiger partial charge in [0, 0.05) is 6.42 Å². The Morgan fingerprint density at radius 1 is 1.27 bits per heavy atom. The largest absolute Gasteiger partial charge is 0.504 e. The molecule has 0 aliphatic rings. The van der Waals surface area contributed by atoms with Crippen molar-refractivity contribution in [3.8, 4) is 11.5 Å². The van der Waals surface area contributed by atoms with Crippen LogP contribution in [0.15, 0.2) is 23.3 Å². The lowest BCUT2D eigenvalue weighted by molar-refractivity contribution is -0.121. The summed E-state index contributed by atoms with van der Waals surface area (Å²) < 4.78 is 5.01. The van der Waals surface area contributed by atoms with Gasteiger partial charge in [-0.3, -0.25) is 4.79 Å². The zero-order valence-corrected chi connectivity index (χ0v) is 13.5. The van der Waals surface area contributed by atoms with Crippen molar-refractivity contribution in [1.29, 1.82) is 0 Å². The van der Waals surface area contributed by atoms with Crippen molar-refractivity contribution < 1.29 is 14.6 Å². The molecule has 0 heterocycles. The van der Waals surface area contributed by atoms with Crippen molar-refractivity contribution in [2.24, 2.45) is 5.10 Å². The van der Waals surface area contributed by atoms with Crippen LogP contribution in [0.25, 0.3) is 0 Å². The monoisotopic (exact) mass is 306 g/mol. The molecule has 0 atom stereocenters. The lowest BCUT2D eigenvalue weighted by atomic mass is 10.1. The molecule has 0 unspecified atom stereocenters. The van der Waals surface area contributed by atoms with Gasteiger partial charge in [0.2, 0.25) is 5.91 Å². The summed E-state index contributed by atoms with van der Waals surface area (Å²) in [5.74, 6) is 0.381. The first-order valence-corrected chi connectivity index (χ1v) is 7.86. The van der Waals surface area contributed by atoms with Crippen molar-refractivity contribution >= 4 is 12.1 Å². The lowest BCUT2D eigenvalue weighted by Crippen LogP contribution is -2.16. The van der Waals surface area contributed by atoms with E-state index in [1.807, 2.05) is 0 Å². The molecule has 0 bridgehead atoms. The second kappa shape index (κ2) is 10.7. The highest BCUT2D eigenvalue weighted by Crippen LogP contribution is 2.25. The second-order valence-corrected chi connectivity index (χ2v) is 5.24. The van der Waals surface area contributed by atoms with E-state index in [1.54, 1.807) is 12.1 Å². The average molecular weight is 306 g/mol. The highest BCUT2D eigenvalue weighted by atomic mass is 16.5. The molecule has 1 amide bonds. The van der Waals surface area contributed by atoms with Gasteiger partial charge in [0.25, 0.3) is 0 Å². The van der Waals surface area contributed by atoms with Gasteiger partial charge in [0.15, 0.2) is 11.5 Å². The molecule has 1 aromatic carbocycles. The Kier molecular flexibility index (Phi) is 8.72. The van der Waals surface area contributed by atoms with E-state index in [0.29, 0.717) is 12.2 Å². The number of phenols is 1. The van der Waals surface area contributed by atoms with E-state index in [0.717, 1.165) is 18.4 Å². The molecule has 1 rings (SSSR count). The Balaban J connectivity index is 2.25. The predicted octanol–water partition coefficient (Wildman–Crippen LogP) is 3.60. The first-order valence-electron chi connectivity index (χ1n) is 7.86. The lowest BCUT2D eigenvalue weighted by Gasteiger charge is -2.03. The average Bonchev–Trinajstić information content (AvgIpc) is 2.52. The first kappa shape index (κ1) is 18.0. The van der Waals surface area contributed by atoms with Gasteiger partial charge in [-0.25, -0.2) is 5.43 Å². The molecule has 0 saturated heterocycles. The Hall–Kier alpha value is -2.04. The molecule has 1 aromatic rings. The maximum Gasteiger partial charge on any atom is 0.240 e. The molecule has 122 valence electrons. The summed E-state index contributed by atoms with van der Waals surface area (Å²) >= 11 is 0. The van der Waals surface area contributed by atoms with Crippen molar-refractivity contribution in [1.82, 2.24) is 5.43 Å². The number of unbranched alkanes of at least 4 members (excludes halogenated alkanes) is 5. The zero-order chi connectivity index (χ0) is 16.2. The number of amides is 1. The smallest absolute Gasteiger partial charge is 0.240 e. The number of carbonyl (C=O) groups is 1. The summed E-state index contributed by atoms with van der Waals surface area (Å²) in [5, 5.41) is 13.4. The summed E-state index contributed by atoms with van der Waals surface area (Å²) in [6, 6.07) is 4.87. The van der Waals surface area contributed by atoms with Gasteiger partial charge in [-0.1, -0.05) is 39.0 Å². The van der Waals surface area contributed by atoms with Gasteiger partial charge in [0.05, 0.1) is 13.3 Å². The zero-order valence-electron chi connectivity index (χ0n) is 13.5. The normalized spacial score (nSPS) is 10.8. The van der Waals surface area contributed by atoms with Crippen LogP contribution in [0.3, 0.4) is 0 Å². The van der Waals surface area contributed by atoms with Crippen molar-refractivity contribution in [3.63, 3.8) is 0 Å². The molecule has 0 radical (unpaired) electrons. The van der Waals surface area contributed by atoms with E-state index in [9.17, 15) is 9.90 Å². The van der Waals surface area contributed by atoms with E-state index < -0.39 is 0 Å². The summed E-state index contributed by atoms with van der Waals surface area (Å²) in [4.78, 5) is 11.6. The number of rotatable bonds is 10. The maximum atomic E-state index is 11.6. The summed E-state index contributed by atoms with van der Waals surface area (Å²) in [6.45, 7) is 2.19. The summed E-state index contributed by atoms with van der Waals surface area (Å²) in [6.07, 6.45) is 8.97. The molecular weight excluding hydrogens is 280 g/mol. The first-order chi connectivity index (χ1) is 10.7. The third-order valence-electron chi connectivity index (χ3n) is 3.36. The molecule has 2 N–H and O–H groups in total. The van der Waals surface area contributed by atoms with Crippen LogP contribution in [0.4, 0.5) is 0 Å². The molecule has 0 saturated carbocycles. The van der Waals surface area contributed by atoms with Crippen LogP contribution in [0.5, 0.6) is 11.5 Å². The number of nitrogens with one attached hydrogen (secondary N) is 1. The van der Waals surface area contributed by atoms with E-state index in [-0.39, 0.29) is 11.7 Å². The van der Waals surface area contributed by atoms with Crippen LogP contribution in [0.2, 0.25) is 0 Å². The molecule has 0 spiro atoms. The highest BCUT2D eigenvalue weighted by molar-refractivity contribution is 5.83. The summed E-state index contributed by atoms with van der Waals surface area (Å²) in [7, 11) is 1.48. The van der Waals surface area contributed by atoms with Gasteiger partial charge in [-0.15, -0.1) is 0 Å². The third-order valence-corrected chi connectivity index (χ3v) is 3.36. The van der Waals surface area contributed by atoms with Crippen molar-refractivity contribution in [2.75, 3.05) is 7.11 Å². The third kappa shape index (κ3) is 7.11. The van der Waals surface area contributed by atoms with E-state index in [4.69, 9.17) is 4.74 Å². The second-order valence-electron chi connectivity index (χ2n) is 5.24. The van der Waals surface area contributed by atoms with Crippen LogP contribution in [-0.2, 0) is 4.79 Å². The molecule has 0 fully saturated rings. The standard InChI is InChI=1S/C17H26N2O3/c1-3-4-5-6-7-8-9-17(21)19-18-13-14-10-11-15(20)16(12-14)22-2/h10-13,20H,3-9H2,1-2H3,(H,19,21)/b18-13+. The molecule has 22 heavy (non-hydrogen) atoms. The van der Waals surface area contributed by atoms with Gasteiger partial charge in [0.1, 0.15) is 0 Å². The molecule has 5 heteroatoms. The SMILES string of the molecule is CCCCCCCCC(=O)N/N=C/c1ccc(O)c(OC)c1. The predicted molar refractivity (Wildman–Crippen MR) is 88.4 cm³/mol. The number of hydrogen-bond acceptors (Lipinski definition) is 4. The van der Waals surface area contributed by atoms with Crippen molar-refractivity contribution in [3.05, 3.63) is 23.8 Å². The van der Waals surface area contributed by atoms with E-state index in [1.165, 1.54) is 45.1 Å². The number of benzene rings is 1. The Bertz CT molecular complexity index is 487. The maximum absolute atomic E-state index is 11.6. The van der Waals surface area contributed by atoms with Crippen LogP contribution < -0.4 is 10.2 Å². The molecule has 0 aliphatic heterocycles. The quantitative estimate of drug-likeness (QED) is 0.394. The number of nitrogens with zero attached hydrogens (tertiary/aromatic N) is 1. The van der Waals surface area contributed by atoms with Crippen LogP contribution in [0.1, 0.15) is 57.4 Å². The van der Waals surface area contributed by atoms with Gasteiger partial charge in [-0.05, 0) is 30.2 Å². The molecule has 5 nitrogen and oxygen atoms in total. The summed E-state index contributed by atoms with van der Waals surface area (Å²) in [5.41, 5.74) is 3.26. The number of hydrogen-bond donors (Lipinski definition) is 2. The van der Waals surface area contributed by atoms with Crippen LogP contribution in [-0.4, -0.2) is 24.3 Å². The van der Waals surface area contributed by atoms with Crippen LogP contribution >= 0.6 is 0 Å². The van der Waals surface area contributed by atoms with E-state index >= 15 is 0 Å². The number of ether oxygens (including phenoxy) is 1. The number of carbonyl (C=O) groups excluding carboxylic acids is 1. The van der Waals surface area contributed by atoms with Gasteiger partial charge in [-0.2, -0.15) is 5.10 Å². The minimum atomic E-state index is -0.0718. The Morgan fingerprint density at radius 3 is 2.73 bits per heavy atom. The number of phenolic OH excluding ortho intramolecular Hbond substituents is 1. The van der Waals surface area contributed by atoms with Gasteiger partial charge >= 0.3 is 0 Å². The molecule has 0 aromatic heterocycles. The number of hydrazone groups is 1. The topological polar surface area (TPSA) is 70.9 Å². The molecule has 0 aliphatic carbocycles. The molecular formula is C17H26N2O3. The Morgan fingerprint density at radius 2 is 2.00 bits per heavy atom. The van der Waals surface area contributed by atoms with Crippen molar-refractivity contribution in [2.45, 2.75) is 51.9 Å². The fourth-order valence-electron chi connectivity index (χ4n) is 2.08. The number of aromatic hydroxyl groups is 1. The highest BCUT2D eigenvalue weighted by Gasteiger charge is 2.02. The fourth-order valence-corrected chi connectivity index (χ4v) is 2.08. The fraction of sp³-hybridized carbons (Fsp3) is 0.529. The minimum Gasteiger partial charge on any atom is -0.504 e. The number of methoxy groups -OCH3 is 1. The van der Waals surface area contributed by atoms with Gasteiger partial charge < -0.3 is 9.84 Å². The Labute approximate surface area is 132 Å². The minimum absolute atomic E-state index is 0.0718. The van der Waals surface area contributed by atoms with Crippen LogP contribution in [0, 0.1) is 0 Å². The van der Waals surface area contributed by atoms with E-state index in [2.05, 4.69) is 17.5 Å².